The Bertz CT molecular complexity index is 519. The molecule has 1 atom stereocenters. The Morgan fingerprint density at radius 1 is 1.29 bits per heavy atom. The van der Waals surface area contributed by atoms with E-state index in [4.69, 9.17) is 10.3 Å². The molecule has 2 N–H and O–H groups in total. The summed E-state index contributed by atoms with van der Waals surface area (Å²) >= 11 is 0. The van der Waals surface area contributed by atoms with Gasteiger partial charge in [0.25, 0.3) is 5.89 Å². The van der Waals surface area contributed by atoms with Gasteiger partial charge >= 0.3 is 0 Å². The van der Waals surface area contributed by atoms with Crippen molar-refractivity contribution in [3.8, 4) is 11.5 Å². The molecule has 2 heterocycles. The number of hydrogen-bond acceptors (Lipinski definition) is 5. The van der Waals surface area contributed by atoms with Crippen LogP contribution in [0, 0.1) is 13.8 Å². The first-order valence-electron chi connectivity index (χ1n) is 5.59. The average molecular weight is 232 g/mol. The lowest BCUT2D eigenvalue weighted by Crippen LogP contribution is -2.18. The van der Waals surface area contributed by atoms with Crippen LogP contribution in [0.4, 0.5) is 0 Å². The van der Waals surface area contributed by atoms with E-state index in [0.717, 1.165) is 17.0 Å². The number of nitrogens with zero attached hydrogens (tertiary/aromatic N) is 3. The van der Waals surface area contributed by atoms with Gasteiger partial charge in [0.15, 0.2) is 5.82 Å². The van der Waals surface area contributed by atoms with Gasteiger partial charge in [0, 0.05) is 18.2 Å². The molecule has 17 heavy (non-hydrogen) atoms. The number of pyridine rings is 1. The summed E-state index contributed by atoms with van der Waals surface area (Å²) in [5.41, 5.74) is 8.43. The Hall–Kier alpha value is -1.75. The maximum absolute atomic E-state index is 5.69. The smallest absolute Gasteiger partial charge is 0.259 e. The van der Waals surface area contributed by atoms with Gasteiger partial charge in [0.1, 0.15) is 0 Å². The molecule has 5 heteroatoms. The molecule has 0 aliphatic heterocycles. The monoisotopic (exact) mass is 232 g/mol. The standard InChI is InChI=1S/C12H16N4O/c1-7(13)6-11-15-12(17-16-11)10-5-4-8(2)14-9(10)3/h4-5,7H,6,13H2,1-3H3. The van der Waals surface area contributed by atoms with Gasteiger partial charge in [-0.15, -0.1) is 0 Å². The molecule has 2 aromatic heterocycles. The Morgan fingerprint density at radius 2 is 2.06 bits per heavy atom. The van der Waals surface area contributed by atoms with E-state index in [9.17, 15) is 0 Å². The number of nitrogens with two attached hydrogens (primary N) is 1. The van der Waals surface area contributed by atoms with Gasteiger partial charge in [-0.25, -0.2) is 0 Å². The summed E-state index contributed by atoms with van der Waals surface area (Å²) in [6, 6.07) is 3.90. The highest BCUT2D eigenvalue weighted by molar-refractivity contribution is 5.55. The minimum absolute atomic E-state index is 0.0256. The molecule has 0 aliphatic carbocycles. The molecule has 2 aromatic rings. The normalized spacial score (nSPS) is 12.7. The van der Waals surface area contributed by atoms with Crippen molar-refractivity contribution in [3.63, 3.8) is 0 Å². The lowest BCUT2D eigenvalue weighted by molar-refractivity contribution is 0.420. The summed E-state index contributed by atoms with van der Waals surface area (Å²) in [6.07, 6.45) is 0.613. The van der Waals surface area contributed by atoms with Crippen molar-refractivity contribution in [1.82, 2.24) is 15.1 Å². The van der Waals surface area contributed by atoms with Gasteiger partial charge in [0.2, 0.25) is 0 Å². The number of hydrogen-bond donors (Lipinski definition) is 1. The molecule has 1 unspecified atom stereocenters. The quantitative estimate of drug-likeness (QED) is 0.870. The summed E-state index contributed by atoms with van der Waals surface area (Å²) in [5.74, 6) is 1.14. The van der Waals surface area contributed by atoms with Crippen molar-refractivity contribution in [2.45, 2.75) is 33.2 Å². The maximum Gasteiger partial charge on any atom is 0.259 e. The van der Waals surface area contributed by atoms with E-state index in [1.165, 1.54) is 0 Å². The van der Waals surface area contributed by atoms with Crippen molar-refractivity contribution in [3.05, 3.63) is 29.3 Å². The minimum Gasteiger partial charge on any atom is -0.334 e. The number of aryl methyl sites for hydroxylation is 2. The Kier molecular flexibility index (Phi) is 3.19. The third-order valence-corrected chi connectivity index (χ3v) is 2.43. The van der Waals surface area contributed by atoms with Crippen LogP contribution in [0.25, 0.3) is 11.5 Å². The zero-order valence-corrected chi connectivity index (χ0v) is 10.3. The molecule has 90 valence electrons. The lowest BCUT2D eigenvalue weighted by atomic mass is 10.2. The number of aromatic nitrogens is 3. The van der Waals surface area contributed by atoms with E-state index in [1.54, 1.807) is 0 Å². The van der Waals surface area contributed by atoms with E-state index in [2.05, 4.69) is 15.1 Å². The summed E-state index contributed by atoms with van der Waals surface area (Å²) < 4.78 is 5.22. The molecule has 0 saturated carbocycles. The van der Waals surface area contributed by atoms with Crippen LogP contribution in [0.5, 0.6) is 0 Å². The van der Waals surface area contributed by atoms with Crippen molar-refractivity contribution in [2.24, 2.45) is 5.73 Å². The highest BCUT2D eigenvalue weighted by atomic mass is 16.5. The van der Waals surface area contributed by atoms with Gasteiger partial charge in [-0.3, -0.25) is 4.98 Å². The Morgan fingerprint density at radius 3 is 2.71 bits per heavy atom. The van der Waals surface area contributed by atoms with E-state index in [1.807, 2.05) is 32.9 Å². The largest absolute Gasteiger partial charge is 0.334 e. The second kappa shape index (κ2) is 4.63. The SMILES string of the molecule is Cc1ccc(-c2nc(CC(C)N)no2)c(C)n1. The van der Waals surface area contributed by atoms with Crippen LogP contribution < -0.4 is 5.73 Å². The fraction of sp³-hybridized carbons (Fsp3) is 0.417. The van der Waals surface area contributed by atoms with E-state index < -0.39 is 0 Å². The van der Waals surface area contributed by atoms with Gasteiger partial charge < -0.3 is 10.3 Å². The fourth-order valence-electron chi connectivity index (χ4n) is 1.65. The van der Waals surface area contributed by atoms with Gasteiger partial charge in [0.05, 0.1) is 11.3 Å². The average Bonchev–Trinajstić information content (AvgIpc) is 2.65. The molecule has 0 aliphatic rings. The van der Waals surface area contributed by atoms with E-state index in [-0.39, 0.29) is 6.04 Å². The summed E-state index contributed by atoms with van der Waals surface area (Å²) in [5, 5.41) is 3.90. The van der Waals surface area contributed by atoms with Crippen LogP contribution in [0.15, 0.2) is 16.7 Å². The second-order valence-electron chi connectivity index (χ2n) is 4.28. The van der Waals surface area contributed by atoms with Crippen molar-refractivity contribution in [2.75, 3.05) is 0 Å². The lowest BCUT2D eigenvalue weighted by Gasteiger charge is -2.00. The molecule has 2 rings (SSSR count). The zero-order chi connectivity index (χ0) is 12.4. The van der Waals surface area contributed by atoms with E-state index >= 15 is 0 Å². The molecule has 0 bridgehead atoms. The Labute approximate surface area is 100 Å². The molecule has 5 nitrogen and oxygen atoms in total. The zero-order valence-electron chi connectivity index (χ0n) is 10.3. The third kappa shape index (κ3) is 2.68. The maximum atomic E-state index is 5.69. The first-order chi connectivity index (χ1) is 8.06. The topological polar surface area (TPSA) is 77.8 Å². The van der Waals surface area contributed by atoms with Crippen LogP contribution in [-0.2, 0) is 6.42 Å². The van der Waals surface area contributed by atoms with Gasteiger partial charge in [-0.2, -0.15) is 4.98 Å². The summed E-state index contributed by atoms with van der Waals surface area (Å²) in [7, 11) is 0. The van der Waals surface area contributed by atoms with Crippen LogP contribution in [0.1, 0.15) is 24.1 Å². The van der Waals surface area contributed by atoms with E-state index in [0.29, 0.717) is 18.1 Å². The first-order valence-corrected chi connectivity index (χ1v) is 5.59. The van der Waals surface area contributed by atoms with Gasteiger partial charge in [-0.05, 0) is 32.9 Å². The molecular weight excluding hydrogens is 216 g/mol. The molecule has 0 radical (unpaired) electrons. The molecule has 0 spiro atoms. The van der Waals surface area contributed by atoms with Gasteiger partial charge in [-0.1, -0.05) is 5.16 Å². The van der Waals surface area contributed by atoms with Crippen LogP contribution in [-0.4, -0.2) is 21.2 Å². The molecule has 0 aromatic carbocycles. The highest BCUT2D eigenvalue weighted by Gasteiger charge is 2.12. The Balaban J connectivity index is 2.30. The van der Waals surface area contributed by atoms with Crippen molar-refractivity contribution >= 4 is 0 Å². The second-order valence-corrected chi connectivity index (χ2v) is 4.28. The number of rotatable bonds is 3. The van der Waals surface area contributed by atoms with Crippen LogP contribution in [0.2, 0.25) is 0 Å². The highest BCUT2D eigenvalue weighted by Crippen LogP contribution is 2.20. The van der Waals surface area contributed by atoms with Crippen molar-refractivity contribution < 1.29 is 4.52 Å². The minimum atomic E-state index is 0.0256. The third-order valence-electron chi connectivity index (χ3n) is 2.43. The molecule has 0 fully saturated rings. The summed E-state index contributed by atoms with van der Waals surface area (Å²) in [6.45, 7) is 5.79. The fourth-order valence-corrected chi connectivity index (χ4v) is 1.65. The predicted octanol–water partition coefficient (Wildman–Crippen LogP) is 1.64. The first kappa shape index (κ1) is 11.7. The molecule has 0 amide bonds. The predicted molar refractivity (Wildman–Crippen MR) is 64.4 cm³/mol. The summed E-state index contributed by atoms with van der Waals surface area (Å²) in [4.78, 5) is 8.68. The molecular formula is C12H16N4O. The van der Waals surface area contributed by atoms with Crippen LogP contribution >= 0.6 is 0 Å². The van der Waals surface area contributed by atoms with Crippen molar-refractivity contribution in [1.29, 1.82) is 0 Å². The van der Waals surface area contributed by atoms with Crippen LogP contribution in [0.3, 0.4) is 0 Å². The molecule has 0 saturated heterocycles.